The van der Waals surface area contributed by atoms with Gasteiger partial charge in [0.2, 0.25) is 5.91 Å². The molecule has 1 aliphatic rings. The summed E-state index contributed by atoms with van der Waals surface area (Å²) in [6.07, 6.45) is 2.98. The summed E-state index contributed by atoms with van der Waals surface area (Å²) in [6, 6.07) is 17.1. The predicted molar refractivity (Wildman–Crippen MR) is 118 cm³/mol. The maximum Gasteiger partial charge on any atom is 0.220 e. The number of hydrogen-bond donors (Lipinski definition) is 1. The molecule has 2 atom stereocenters. The van der Waals surface area contributed by atoms with Crippen LogP contribution in [-0.2, 0) is 29.0 Å². The average molecular weight is 395 g/mol. The van der Waals surface area contributed by atoms with Crippen LogP contribution in [-0.4, -0.2) is 36.1 Å². The second-order valence-electron chi connectivity index (χ2n) is 8.38. The predicted octanol–water partition coefficient (Wildman–Crippen LogP) is 4.24. The molecule has 4 heteroatoms. The molecule has 0 aliphatic carbocycles. The molecule has 0 saturated carbocycles. The number of nitrogens with zero attached hydrogens (tertiary/aromatic N) is 1. The Balaban J connectivity index is 1.37. The van der Waals surface area contributed by atoms with E-state index in [0.29, 0.717) is 25.2 Å². The maximum atomic E-state index is 12.1. The number of carbonyl (C=O) groups excluding carboxylic acids is 1. The highest BCUT2D eigenvalue weighted by Crippen LogP contribution is 2.15. The Bertz CT molecular complexity index is 760. The van der Waals surface area contributed by atoms with Crippen molar-refractivity contribution >= 4 is 5.91 Å². The lowest BCUT2D eigenvalue weighted by molar-refractivity contribution is -0.121. The summed E-state index contributed by atoms with van der Waals surface area (Å²) in [5.41, 5.74) is 5.01. The number of nitrogens with one attached hydrogen (secondary N) is 1. The summed E-state index contributed by atoms with van der Waals surface area (Å²) in [7, 11) is 0. The first-order chi connectivity index (χ1) is 14.0. The van der Waals surface area contributed by atoms with Crippen LogP contribution in [0.2, 0.25) is 0 Å². The van der Waals surface area contributed by atoms with Crippen LogP contribution in [0.1, 0.15) is 48.9 Å². The first kappa shape index (κ1) is 21.5. The zero-order valence-corrected chi connectivity index (χ0v) is 18.0. The highest BCUT2D eigenvalue weighted by atomic mass is 16.5. The van der Waals surface area contributed by atoms with Crippen molar-refractivity contribution < 1.29 is 9.53 Å². The second kappa shape index (κ2) is 10.6. The molecule has 2 aromatic rings. The Kier molecular flexibility index (Phi) is 7.84. The van der Waals surface area contributed by atoms with Gasteiger partial charge in [0, 0.05) is 32.6 Å². The largest absolute Gasteiger partial charge is 0.373 e. The number of ether oxygens (including phenoxy) is 1. The molecule has 4 nitrogen and oxygen atoms in total. The molecule has 29 heavy (non-hydrogen) atoms. The molecule has 1 heterocycles. The molecule has 0 aromatic heterocycles. The molecule has 1 aliphatic heterocycles. The first-order valence-corrected chi connectivity index (χ1v) is 10.8. The van der Waals surface area contributed by atoms with Crippen LogP contribution in [0.15, 0.2) is 48.5 Å². The Hall–Kier alpha value is -2.17. The minimum absolute atomic E-state index is 0.123. The van der Waals surface area contributed by atoms with Gasteiger partial charge in [0.1, 0.15) is 0 Å². The lowest BCUT2D eigenvalue weighted by Crippen LogP contribution is -2.44. The molecule has 1 saturated heterocycles. The Morgan fingerprint density at radius 3 is 2.21 bits per heavy atom. The van der Waals surface area contributed by atoms with Gasteiger partial charge < -0.3 is 10.1 Å². The zero-order chi connectivity index (χ0) is 20.6. The average Bonchev–Trinajstić information content (AvgIpc) is 2.68. The second-order valence-corrected chi connectivity index (χ2v) is 8.38. The highest BCUT2D eigenvalue weighted by Gasteiger charge is 2.21. The van der Waals surface area contributed by atoms with Crippen molar-refractivity contribution in [2.45, 2.75) is 65.3 Å². The molecule has 0 bridgehead atoms. The molecule has 156 valence electrons. The van der Waals surface area contributed by atoms with E-state index in [1.807, 2.05) is 0 Å². The third kappa shape index (κ3) is 7.30. The minimum atomic E-state index is 0.123. The van der Waals surface area contributed by atoms with E-state index in [1.165, 1.54) is 16.7 Å². The SMILES string of the molecule is Cc1ccc(CCCC(=O)NCc2ccc(CN3C[C@@H](C)O[C@@H](C)C3)cc2)cc1. The van der Waals surface area contributed by atoms with Gasteiger partial charge in [-0.3, -0.25) is 9.69 Å². The number of hydrogen-bond acceptors (Lipinski definition) is 3. The van der Waals surface area contributed by atoms with Crippen molar-refractivity contribution in [3.63, 3.8) is 0 Å². The fourth-order valence-corrected chi connectivity index (χ4v) is 3.93. The van der Waals surface area contributed by atoms with Crippen molar-refractivity contribution in [2.24, 2.45) is 0 Å². The number of rotatable bonds is 8. The van der Waals surface area contributed by atoms with Crippen molar-refractivity contribution in [1.82, 2.24) is 10.2 Å². The molecule has 2 aromatic carbocycles. The van der Waals surface area contributed by atoms with E-state index in [0.717, 1.165) is 38.0 Å². The van der Waals surface area contributed by atoms with E-state index in [2.05, 4.69) is 79.5 Å². The molecule has 3 rings (SSSR count). The van der Waals surface area contributed by atoms with Gasteiger partial charge in [-0.25, -0.2) is 0 Å². The summed E-state index contributed by atoms with van der Waals surface area (Å²) >= 11 is 0. The van der Waals surface area contributed by atoms with E-state index >= 15 is 0 Å². The Morgan fingerprint density at radius 2 is 1.55 bits per heavy atom. The minimum Gasteiger partial charge on any atom is -0.373 e. The van der Waals surface area contributed by atoms with Gasteiger partial charge in [0.05, 0.1) is 12.2 Å². The summed E-state index contributed by atoms with van der Waals surface area (Å²) < 4.78 is 5.80. The van der Waals surface area contributed by atoms with E-state index in [9.17, 15) is 4.79 Å². The van der Waals surface area contributed by atoms with E-state index in [4.69, 9.17) is 4.74 Å². The quantitative estimate of drug-likeness (QED) is 0.728. The van der Waals surface area contributed by atoms with Crippen LogP contribution in [0.3, 0.4) is 0 Å². The third-order valence-electron chi connectivity index (χ3n) is 5.40. The smallest absolute Gasteiger partial charge is 0.220 e. The Morgan fingerprint density at radius 1 is 0.966 bits per heavy atom. The molecular formula is C25H34N2O2. The number of aryl methyl sites for hydroxylation is 2. The first-order valence-electron chi connectivity index (χ1n) is 10.8. The zero-order valence-electron chi connectivity index (χ0n) is 18.0. The van der Waals surface area contributed by atoms with Gasteiger partial charge in [-0.05, 0) is 50.3 Å². The number of amides is 1. The van der Waals surface area contributed by atoms with Gasteiger partial charge in [0.15, 0.2) is 0 Å². The van der Waals surface area contributed by atoms with Crippen molar-refractivity contribution in [2.75, 3.05) is 13.1 Å². The fourth-order valence-electron chi connectivity index (χ4n) is 3.93. The highest BCUT2D eigenvalue weighted by molar-refractivity contribution is 5.75. The van der Waals surface area contributed by atoms with Crippen LogP contribution in [0.5, 0.6) is 0 Å². The molecule has 1 N–H and O–H groups in total. The lowest BCUT2D eigenvalue weighted by atomic mass is 10.1. The van der Waals surface area contributed by atoms with Gasteiger partial charge in [-0.2, -0.15) is 0 Å². The van der Waals surface area contributed by atoms with Crippen LogP contribution in [0.4, 0.5) is 0 Å². The summed E-state index contributed by atoms with van der Waals surface area (Å²) in [4.78, 5) is 14.6. The molecule has 0 radical (unpaired) electrons. The Labute approximate surface area is 175 Å². The number of carbonyl (C=O) groups is 1. The van der Waals surface area contributed by atoms with Crippen molar-refractivity contribution in [3.8, 4) is 0 Å². The molecule has 0 spiro atoms. The summed E-state index contributed by atoms with van der Waals surface area (Å²) in [6.45, 7) is 9.85. The van der Waals surface area contributed by atoms with Gasteiger partial charge in [0.25, 0.3) is 0 Å². The van der Waals surface area contributed by atoms with Crippen LogP contribution >= 0.6 is 0 Å². The van der Waals surface area contributed by atoms with Crippen LogP contribution in [0, 0.1) is 6.92 Å². The third-order valence-corrected chi connectivity index (χ3v) is 5.40. The maximum absolute atomic E-state index is 12.1. The lowest BCUT2D eigenvalue weighted by Gasteiger charge is -2.35. The number of benzene rings is 2. The van der Waals surface area contributed by atoms with Gasteiger partial charge in [-0.15, -0.1) is 0 Å². The van der Waals surface area contributed by atoms with Crippen LogP contribution < -0.4 is 5.32 Å². The molecule has 0 unspecified atom stereocenters. The van der Waals surface area contributed by atoms with E-state index < -0.39 is 0 Å². The molecule has 1 amide bonds. The van der Waals surface area contributed by atoms with Gasteiger partial charge in [-0.1, -0.05) is 54.1 Å². The topological polar surface area (TPSA) is 41.6 Å². The van der Waals surface area contributed by atoms with E-state index in [1.54, 1.807) is 0 Å². The standard InChI is InChI=1S/C25H34N2O2/c1-19-7-9-22(10-8-19)5-4-6-25(28)26-15-23-11-13-24(14-12-23)18-27-16-20(2)29-21(3)17-27/h7-14,20-21H,4-6,15-18H2,1-3H3,(H,26,28)/t20-,21+. The normalized spacial score (nSPS) is 19.8. The van der Waals surface area contributed by atoms with Crippen molar-refractivity contribution in [3.05, 3.63) is 70.8 Å². The van der Waals surface area contributed by atoms with Crippen LogP contribution in [0.25, 0.3) is 0 Å². The fraction of sp³-hybridized carbons (Fsp3) is 0.480. The summed E-state index contributed by atoms with van der Waals surface area (Å²) in [5.74, 6) is 0.123. The van der Waals surface area contributed by atoms with Crippen molar-refractivity contribution in [1.29, 1.82) is 0 Å². The number of morpholine rings is 1. The molecular weight excluding hydrogens is 360 g/mol. The molecule has 1 fully saturated rings. The summed E-state index contributed by atoms with van der Waals surface area (Å²) in [5, 5.41) is 3.04. The van der Waals surface area contributed by atoms with Gasteiger partial charge >= 0.3 is 0 Å². The van der Waals surface area contributed by atoms with E-state index in [-0.39, 0.29) is 5.91 Å². The monoisotopic (exact) mass is 394 g/mol.